The van der Waals surface area contributed by atoms with Gasteiger partial charge < -0.3 is 4.74 Å². The first-order chi connectivity index (χ1) is 9.08. The first kappa shape index (κ1) is 13.3. The summed E-state index contributed by atoms with van der Waals surface area (Å²) in [6.45, 7) is 3.67. The van der Waals surface area contributed by atoms with E-state index in [1.165, 1.54) is 18.2 Å². The molecule has 0 atom stereocenters. The van der Waals surface area contributed by atoms with Crippen LogP contribution in [0.15, 0.2) is 48.5 Å². The van der Waals surface area contributed by atoms with Gasteiger partial charge in [0.2, 0.25) is 0 Å². The molecule has 3 heteroatoms. The van der Waals surface area contributed by atoms with Gasteiger partial charge in [-0.3, -0.25) is 4.79 Å². The smallest absolute Gasteiger partial charge is 0.196 e. The van der Waals surface area contributed by atoms with E-state index >= 15 is 0 Å². The molecule has 2 nitrogen and oxygen atoms in total. The lowest BCUT2D eigenvalue weighted by molar-refractivity contribution is 0.103. The van der Waals surface area contributed by atoms with Crippen molar-refractivity contribution in [1.82, 2.24) is 0 Å². The number of carbonyl (C=O) groups excluding carboxylic acids is 1. The second-order valence-electron chi connectivity index (χ2n) is 4.50. The highest BCUT2D eigenvalue weighted by Crippen LogP contribution is 2.24. The molecule has 0 aliphatic rings. The molecule has 0 unspecified atom stereocenters. The summed E-state index contributed by atoms with van der Waals surface area (Å²) < 4.78 is 18.8. The SMILES string of the molecule is CC(C)Oc1cc(F)ccc1C(=O)c1ccccc1. The maximum atomic E-state index is 13.3. The Labute approximate surface area is 111 Å². The molecule has 0 aromatic heterocycles. The first-order valence-corrected chi connectivity index (χ1v) is 6.14. The molecular formula is C16H15FO2. The molecule has 0 radical (unpaired) electrons. The van der Waals surface area contributed by atoms with Crippen molar-refractivity contribution in [1.29, 1.82) is 0 Å². The summed E-state index contributed by atoms with van der Waals surface area (Å²) in [5, 5.41) is 0. The van der Waals surface area contributed by atoms with E-state index in [0.29, 0.717) is 11.1 Å². The molecule has 98 valence electrons. The zero-order chi connectivity index (χ0) is 13.8. The Balaban J connectivity index is 2.41. The summed E-state index contributed by atoms with van der Waals surface area (Å²) in [5.74, 6) is -0.305. The van der Waals surface area contributed by atoms with Gasteiger partial charge in [-0.05, 0) is 26.0 Å². The van der Waals surface area contributed by atoms with Gasteiger partial charge in [0.1, 0.15) is 11.6 Å². The van der Waals surface area contributed by atoms with Gasteiger partial charge in [-0.15, -0.1) is 0 Å². The minimum atomic E-state index is -0.416. The Morgan fingerprint density at radius 2 is 1.79 bits per heavy atom. The molecule has 0 saturated carbocycles. The molecule has 2 rings (SSSR count). The van der Waals surface area contributed by atoms with Crippen LogP contribution in [0.1, 0.15) is 29.8 Å². The van der Waals surface area contributed by atoms with Gasteiger partial charge in [-0.25, -0.2) is 4.39 Å². The molecule has 0 saturated heterocycles. The lowest BCUT2D eigenvalue weighted by atomic mass is 10.0. The molecule has 0 fully saturated rings. The quantitative estimate of drug-likeness (QED) is 0.779. The average molecular weight is 258 g/mol. The van der Waals surface area contributed by atoms with Gasteiger partial charge in [0.05, 0.1) is 11.7 Å². The topological polar surface area (TPSA) is 26.3 Å². The van der Waals surface area contributed by atoms with E-state index in [-0.39, 0.29) is 17.6 Å². The van der Waals surface area contributed by atoms with Gasteiger partial charge in [0.15, 0.2) is 5.78 Å². The number of ether oxygens (including phenoxy) is 1. The number of ketones is 1. The van der Waals surface area contributed by atoms with Gasteiger partial charge in [0.25, 0.3) is 0 Å². The van der Waals surface area contributed by atoms with Crippen molar-refractivity contribution in [3.8, 4) is 5.75 Å². The molecule has 0 bridgehead atoms. The molecule has 0 heterocycles. The highest BCUT2D eigenvalue weighted by molar-refractivity contribution is 6.10. The number of halogens is 1. The van der Waals surface area contributed by atoms with Crippen LogP contribution >= 0.6 is 0 Å². The van der Waals surface area contributed by atoms with E-state index in [2.05, 4.69) is 0 Å². The van der Waals surface area contributed by atoms with Crippen LogP contribution in [0.25, 0.3) is 0 Å². The molecule has 0 aliphatic heterocycles. The Kier molecular flexibility index (Phi) is 3.95. The predicted molar refractivity (Wildman–Crippen MR) is 72.0 cm³/mol. The summed E-state index contributed by atoms with van der Waals surface area (Å²) in [7, 11) is 0. The van der Waals surface area contributed by atoms with E-state index in [9.17, 15) is 9.18 Å². The van der Waals surface area contributed by atoms with Crippen LogP contribution in [-0.2, 0) is 0 Å². The van der Waals surface area contributed by atoms with Crippen LogP contribution in [0.3, 0.4) is 0 Å². The zero-order valence-electron chi connectivity index (χ0n) is 10.9. The minimum Gasteiger partial charge on any atom is -0.490 e. The standard InChI is InChI=1S/C16H15FO2/c1-11(2)19-15-10-13(17)8-9-14(15)16(18)12-6-4-3-5-7-12/h3-11H,1-2H3. The second kappa shape index (κ2) is 5.65. The largest absolute Gasteiger partial charge is 0.490 e. The average Bonchev–Trinajstić information content (AvgIpc) is 2.38. The third-order valence-electron chi connectivity index (χ3n) is 2.59. The maximum Gasteiger partial charge on any atom is 0.196 e. The first-order valence-electron chi connectivity index (χ1n) is 6.14. The Bertz CT molecular complexity index is 577. The fourth-order valence-electron chi connectivity index (χ4n) is 1.78. The summed E-state index contributed by atoms with van der Waals surface area (Å²) in [6, 6.07) is 12.9. The number of carbonyl (C=O) groups is 1. The molecule has 2 aromatic carbocycles. The highest BCUT2D eigenvalue weighted by Gasteiger charge is 2.16. The van der Waals surface area contributed by atoms with Crippen LogP contribution in [0.5, 0.6) is 5.75 Å². The maximum absolute atomic E-state index is 13.3. The monoisotopic (exact) mass is 258 g/mol. The van der Waals surface area contributed by atoms with Gasteiger partial charge in [0, 0.05) is 11.6 Å². The Morgan fingerprint density at radius 1 is 1.11 bits per heavy atom. The summed E-state index contributed by atoms with van der Waals surface area (Å²) >= 11 is 0. The predicted octanol–water partition coefficient (Wildman–Crippen LogP) is 3.84. The molecule has 0 aliphatic carbocycles. The van der Waals surface area contributed by atoms with Crippen LogP contribution in [0.2, 0.25) is 0 Å². The van der Waals surface area contributed by atoms with E-state index in [1.54, 1.807) is 24.3 Å². The lowest BCUT2D eigenvalue weighted by Gasteiger charge is -2.13. The van der Waals surface area contributed by atoms with Crippen molar-refractivity contribution in [3.63, 3.8) is 0 Å². The fraction of sp³-hybridized carbons (Fsp3) is 0.188. The van der Waals surface area contributed by atoms with Crippen molar-refractivity contribution in [3.05, 3.63) is 65.5 Å². The number of benzene rings is 2. The van der Waals surface area contributed by atoms with E-state index in [0.717, 1.165) is 0 Å². The Morgan fingerprint density at radius 3 is 2.42 bits per heavy atom. The van der Waals surface area contributed by atoms with Crippen molar-refractivity contribution in [2.24, 2.45) is 0 Å². The van der Waals surface area contributed by atoms with Crippen molar-refractivity contribution >= 4 is 5.78 Å². The third-order valence-corrected chi connectivity index (χ3v) is 2.59. The summed E-state index contributed by atoms with van der Waals surface area (Å²) in [4.78, 5) is 12.4. The zero-order valence-corrected chi connectivity index (χ0v) is 10.9. The Hall–Kier alpha value is -2.16. The van der Waals surface area contributed by atoms with Gasteiger partial charge >= 0.3 is 0 Å². The minimum absolute atomic E-state index is 0.121. The molecule has 0 spiro atoms. The summed E-state index contributed by atoms with van der Waals surface area (Å²) in [6.07, 6.45) is -0.121. The number of rotatable bonds is 4. The normalized spacial score (nSPS) is 10.5. The molecule has 0 amide bonds. The lowest BCUT2D eigenvalue weighted by Crippen LogP contribution is -2.11. The van der Waals surface area contributed by atoms with Gasteiger partial charge in [-0.1, -0.05) is 30.3 Å². The van der Waals surface area contributed by atoms with Crippen LogP contribution in [0, 0.1) is 5.82 Å². The third kappa shape index (κ3) is 3.19. The molecule has 2 aromatic rings. The number of hydrogen-bond acceptors (Lipinski definition) is 2. The molecule has 0 N–H and O–H groups in total. The summed E-state index contributed by atoms with van der Waals surface area (Å²) in [5.41, 5.74) is 0.934. The highest BCUT2D eigenvalue weighted by atomic mass is 19.1. The van der Waals surface area contributed by atoms with E-state index in [4.69, 9.17) is 4.74 Å². The van der Waals surface area contributed by atoms with Crippen molar-refractivity contribution in [2.45, 2.75) is 20.0 Å². The molecule has 19 heavy (non-hydrogen) atoms. The number of hydrogen-bond donors (Lipinski definition) is 0. The van der Waals surface area contributed by atoms with Crippen molar-refractivity contribution < 1.29 is 13.9 Å². The fourth-order valence-corrected chi connectivity index (χ4v) is 1.78. The second-order valence-corrected chi connectivity index (χ2v) is 4.50. The van der Waals surface area contributed by atoms with Crippen molar-refractivity contribution in [2.75, 3.05) is 0 Å². The van der Waals surface area contributed by atoms with E-state index < -0.39 is 5.82 Å². The van der Waals surface area contributed by atoms with Crippen LogP contribution in [0.4, 0.5) is 4.39 Å². The van der Waals surface area contributed by atoms with Crippen LogP contribution < -0.4 is 4.74 Å². The van der Waals surface area contributed by atoms with Crippen LogP contribution in [-0.4, -0.2) is 11.9 Å². The van der Waals surface area contributed by atoms with Gasteiger partial charge in [-0.2, -0.15) is 0 Å². The molecular weight excluding hydrogens is 243 g/mol. The van der Waals surface area contributed by atoms with E-state index in [1.807, 2.05) is 19.9 Å².